The maximum absolute atomic E-state index is 9.50. The highest BCUT2D eigenvalue weighted by atomic mass is 32.2. The summed E-state index contributed by atoms with van der Waals surface area (Å²) in [5.74, 6) is 0. The van der Waals surface area contributed by atoms with E-state index in [1.807, 2.05) is 24.3 Å². The average Bonchev–Trinajstić information content (AvgIpc) is 3.02. The van der Waals surface area contributed by atoms with Gasteiger partial charge in [0.15, 0.2) is 5.58 Å². The van der Waals surface area contributed by atoms with Crippen molar-refractivity contribution in [2.24, 2.45) is 0 Å². The summed E-state index contributed by atoms with van der Waals surface area (Å²) in [6.45, 7) is 4.17. The Hall–Kier alpha value is -1.51. The molecule has 21 heavy (non-hydrogen) atoms. The van der Waals surface area contributed by atoms with Gasteiger partial charge in [-0.1, -0.05) is 23.9 Å². The molecule has 0 spiro atoms. The normalized spacial score (nSPS) is 25.5. The summed E-state index contributed by atoms with van der Waals surface area (Å²) in [4.78, 5) is 4.50. The van der Waals surface area contributed by atoms with Crippen LogP contribution in [0.15, 0.2) is 33.9 Å². The summed E-state index contributed by atoms with van der Waals surface area (Å²) in [5, 5.41) is 14.0. The number of hydrogen-bond donors (Lipinski definition) is 1. The van der Waals surface area contributed by atoms with Gasteiger partial charge in [-0.3, -0.25) is 5.32 Å². The number of fused-ring (bicyclic) bond motifs is 1. The number of para-hydroxylation sites is 2. The molecule has 0 saturated heterocycles. The van der Waals surface area contributed by atoms with E-state index in [1.165, 1.54) is 0 Å². The molecule has 1 aromatic carbocycles. The zero-order valence-electron chi connectivity index (χ0n) is 12.3. The molecule has 2 unspecified atom stereocenters. The fraction of sp³-hybridized carbons (Fsp3) is 0.500. The topological polar surface area (TPSA) is 61.9 Å². The van der Waals surface area contributed by atoms with Gasteiger partial charge >= 0.3 is 0 Å². The first-order valence-corrected chi connectivity index (χ1v) is 8.19. The maximum atomic E-state index is 9.50. The van der Waals surface area contributed by atoms with Gasteiger partial charge < -0.3 is 4.42 Å². The van der Waals surface area contributed by atoms with Crippen LogP contribution in [0.3, 0.4) is 0 Å². The van der Waals surface area contributed by atoms with E-state index in [-0.39, 0.29) is 0 Å². The van der Waals surface area contributed by atoms with Crippen molar-refractivity contribution < 1.29 is 4.42 Å². The molecule has 2 atom stereocenters. The molecule has 3 rings (SSSR count). The first-order chi connectivity index (χ1) is 10.1. The molecule has 1 fully saturated rings. The Morgan fingerprint density at radius 1 is 1.48 bits per heavy atom. The van der Waals surface area contributed by atoms with E-state index in [0.29, 0.717) is 16.5 Å². The lowest BCUT2D eigenvalue weighted by Gasteiger charge is -2.25. The highest BCUT2D eigenvalue weighted by Crippen LogP contribution is 2.40. The lowest BCUT2D eigenvalue weighted by Crippen LogP contribution is -2.45. The Morgan fingerprint density at radius 2 is 2.29 bits per heavy atom. The van der Waals surface area contributed by atoms with Crippen molar-refractivity contribution in [3.63, 3.8) is 0 Å². The number of benzene rings is 1. The van der Waals surface area contributed by atoms with E-state index in [2.05, 4.69) is 30.2 Å². The van der Waals surface area contributed by atoms with Crippen LogP contribution in [0.2, 0.25) is 0 Å². The largest absolute Gasteiger partial charge is 0.431 e. The predicted molar refractivity (Wildman–Crippen MR) is 84.1 cm³/mol. The van der Waals surface area contributed by atoms with Gasteiger partial charge in [0.1, 0.15) is 11.1 Å². The SMILES string of the molecule is CC(C)NC1(C#N)CCC(Sc2nc3ccccc3o2)C1. The minimum absolute atomic E-state index is 0.317. The Bertz CT molecular complexity index is 642. The monoisotopic (exact) mass is 301 g/mol. The molecule has 0 aliphatic heterocycles. The van der Waals surface area contributed by atoms with Crippen molar-refractivity contribution >= 4 is 22.9 Å². The fourth-order valence-corrected chi connectivity index (χ4v) is 4.14. The molecule has 1 heterocycles. The molecule has 2 aromatic rings. The molecular weight excluding hydrogens is 282 g/mol. The summed E-state index contributed by atoms with van der Waals surface area (Å²) < 4.78 is 5.76. The van der Waals surface area contributed by atoms with Crippen molar-refractivity contribution in [3.8, 4) is 6.07 Å². The third-order valence-corrected chi connectivity index (χ3v) is 4.90. The summed E-state index contributed by atoms with van der Waals surface area (Å²) in [7, 11) is 0. The Morgan fingerprint density at radius 3 is 3.00 bits per heavy atom. The number of aromatic nitrogens is 1. The smallest absolute Gasteiger partial charge is 0.257 e. The minimum atomic E-state index is -0.391. The number of thioether (sulfide) groups is 1. The second-order valence-electron chi connectivity index (χ2n) is 5.92. The number of nitrogens with zero attached hydrogens (tertiary/aromatic N) is 2. The van der Waals surface area contributed by atoms with E-state index >= 15 is 0 Å². The second-order valence-corrected chi connectivity index (χ2v) is 7.17. The van der Waals surface area contributed by atoms with Crippen LogP contribution < -0.4 is 5.32 Å². The number of oxazole rings is 1. The zero-order chi connectivity index (χ0) is 14.9. The van der Waals surface area contributed by atoms with E-state index in [9.17, 15) is 5.26 Å². The van der Waals surface area contributed by atoms with E-state index < -0.39 is 5.54 Å². The van der Waals surface area contributed by atoms with Crippen LogP contribution in [0.1, 0.15) is 33.1 Å². The van der Waals surface area contributed by atoms with Crippen molar-refractivity contribution in [1.29, 1.82) is 5.26 Å². The van der Waals surface area contributed by atoms with Crippen LogP contribution in [0, 0.1) is 11.3 Å². The van der Waals surface area contributed by atoms with Gasteiger partial charge in [0.25, 0.3) is 5.22 Å². The summed E-state index contributed by atoms with van der Waals surface area (Å²) >= 11 is 1.65. The Balaban J connectivity index is 1.70. The Labute approximate surface area is 128 Å². The molecule has 1 aliphatic rings. The quantitative estimate of drug-likeness (QED) is 0.932. The number of nitrogens with one attached hydrogen (secondary N) is 1. The van der Waals surface area contributed by atoms with Gasteiger partial charge in [-0.05, 0) is 45.2 Å². The molecule has 110 valence electrons. The lowest BCUT2D eigenvalue weighted by molar-refractivity contribution is 0.385. The molecule has 1 aromatic heterocycles. The highest BCUT2D eigenvalue weighted by Gasteiger charge is 2.40. The van der Waals surface area contributed by atoms with E-state index in [4.69, 9.17) is 4.42 Å². The van der Waals surface area contributed by atoms with Crippen LogP contribution in [-0.2, 0) is 0 Å². The van der Waals surface area contributed by atoms with Crippen LogP contribution in [-0.4, -0.2) is 21.8 Å². The Kier molecular flexibility index (Phi) is 3.92. The molecular formula is C16H19N3OS. The van der Waals surface area contributed by atoms with Gasteiger partial charge in [0.2, 0.25) is 0 Å². The third kappa shape index (κ3) is 3.07. The number of rotatable bonds is 4. The molecule has 5 heteroatoms. The van der Waals surface area contributed by atoms with Crippen LogP contribution >= 0.6 is 11.8 Å². The van der Waals surface area contributed by atoms with Crippen molar-refractivity contribution in [1.82, 2.24) is 10.3 Å². The molecule has 0 bridgehead atoms. The minimum Gasteiger partial charge on any atom is -0.431 e. The van der Waals surface area contributed by atoms with Gasteiger partial charge in [0.05, 0.1) is 6.07 Å². The number of nitriles is 1. The van der Waals surface area contributed by atoms with Gasteiger partial charge in [-0.2, -0.15) is 5.26 Å². The first-order valence-electron chi connectivity index (χ1n) is 7.31. The number of hydrogen-bond acceptors (Lipinski definition) is 5. The first kappa shape index (κ1) is 14.4. The molecule has 0 radical (unpaired) electrons. The zero-order valence-corrected chi connectivity index (χ0v) is 13.1. The second kappa shape index (κ2) is 5.70. The molecule has 1 saturated carbocycles. The summed E-state index contributed by atoms with van der Waals surface area (Å²) in [6.07, 6.45) is 2.74. The highest BCUT2D eigenvalue weighted by molar-refractivity contribution is 7.99. The van der Waals surface area contributed by atoms with Crippen molar-refractivity contribution in [2.45, 2.75) is 55.2 Å². The van der Waals surface area contributed by atoms with Gasteiger partial charge in [0, 0.05) is 11.3 Å². The molecule has 4 nitrogen and oxygen atoms in total. The lowest BCUT2D eigenvalue weighted by atomic mass is 9.99. The summed E-state index contributed by atoms with van der Waals surface area (Å²) in [5.41, 5.74) is 1.33. The average molecular weight is 301 g/mol. The van der Waals surface area contributed by atoms with Crippen LogP contribution in [0.4, 0.5) is 0 Å². The van der Waals surface area contributed by atoms with E-state index in [0.717, 1.165) is 30.4 Å². The van der Waals surface area contributed by atoms with Crippen molar-refractivity contribution in [3.05, 3.63) is 24.3 Å². The van der Waals surface area contributed by atoms with Crippen LogP contribution in [0.5, 0.6) is 0 Å². The molecule has 1 N–H and O–H groups in total. The fourth-order valence-electron chi connectivity index (χ4n) is 2.96. The maximum Gasteiger partial charge on any atom is 0.257 e. The third-order valence-electron chi connectivity index (χ3n) is 3.79. The molecule has 0 amide bonds. The standard InChI is InChI=1S/C16H19N3OS/c1-11(2)19-16(10-17)8-7-12(9-16)21-15-18-13-5-3-4-6-14(13)20-15/h3-6,11-12,19H,7-9H2,1-2H3. The summed E-state index contributed by atoms with van der Waals surface area (Å²) in [6, 6.07) is 10.6. The van der Waals surface area contributed by atoms with Crippen molar-refractivity contribution in [2.75, 3.05) is 0 Å². The van der Waals surface area contributed by atoms with Gasteiger partial charge in [-0.15, -0.1) is 0 Å². The van der Waals surface area contributed by atoms with Gasteiger partial charge in [-0.25, -0.2) is 4.98 Å². The van der Waals surface area contributed by atoms with Crippen LogP contribution in [0.25, 0.3) is 11.1 Å². The van der Waals surface area contributed by atoms with E-state index in [1.54, 1.807) is 11.8 Å². The predicted octanol–water partition coefficient (Wildman–Crippen LogP) is 3.73. The molecule has 1 aliphatic carbocycles.